The normalized spacial score (nSPS) is 12.9. The number of hydrogen-bond donors (Lipinski definition) is 4. The first-order valence-corrected chi connectivity index (χ1v) is 10.2. The molecule has 0 aromatic rings. The highest BCUT2D eigenvalue weighted by atomic mass is 16.5. The third kappa shape index (κ3) is 12.6. The fraction of sp³-hybridized carbons (Fsp3) is 0.700. The van der Waals surface area contributed by atoms with Crippen LogP contribution in [-0.4, -0.2) is 62.4 Å². The summed E-state index contributed by atoms with van der Waals surface area (Å²) in [5, 5.41) is 10.7. The minimum atomic E-state index is -0.726. The van der Waals surface area contributed by atoms with Gasteiger partial charge in [-0.2, -0.15) is 0 Å². The van der Waals surface area contributed by atoms with Gasteiger partial charge in [0.25, 0.3) is 0 Å². The van der Waals surface area contributed by atoms with Crippen LogP contribution in [0.2, 0.25) is 0 Å². The highest BCUT2D eigenvalue weighted by Crippen LogP contribution is 2.04. The Bertz CT molecular complexity index is 542. The molecule has 0 aromatic heterocycles. The maximum atomic E-state index is 11.8. The molecule has 0 unspecified atom stereocenters. The predicted octanol–water partition coefficient (Wildman–Crippen LogP) is 1.32. The Morgan fingerprint density at radius 3 is 1.30 bits per heavy atom. The molecule has 4 N–H and O–H groups in total. The molecule has 30 heavy (non-hydrogen) atoms. The molecule has 0 radical (unpaired) electrons. The number of ether oxygens (including phenoxy) is 2. The summed E-state index contributed by atoms with van der Waals surface area (Å²) in [6.45, 7) is 12.1. The number of carbonyl (C=O) groups excluding carboxylic acids is 4. The van der Waals surface area contributed by atoms with E-state index in [1.807, 2.05) is 27.7 Å². The molecule has 0 aliphatic carbocycles. The molecule has 0 bridgehead atoms. The molecule has 0 aliphatic rings. The largest absolute Gasteiger partial charge is 0.460 e. The van der Waals surface area contributed by atoms with Crippen molar-refractivity contribution in [1.82, 2.24) is 21.3 Å². The lowest BCUT2D eigenvalue weighted by Gasteiger charge is -2.22. The van der Waals surface area contributed by atoms with Gasteiger partial charge in [-0.3, -0.25) is 0 Å². The average Bonchev–Trinajstić information content (AvgIpc) is 2.66. The summed E-state index contributed by atoms with van der Waals surface area (Å²) in [5.74, 6) is -1.37. The molecule has 0 saturated heterocycles. The number of carbonyl (C=O) groups is 4. The zero-order valence-electron chi connectivity index (χ0n) is 18.7. The van der Waals surface area contributed by atoms with Crippen LogP contribution in [0.15, 0.2) is 12.2 Å². The van der Waals surface area contributed by atoms with E-state index in [2.05, 4.69) is 21.3 Å². The van der Waals surface area contributed by atoms with E-state index in [-0.39, 0.29) is 49.2 Å². The van der Waals surface area contributed by atoms with Crippen molar-refractivity contribution in [2.75, 3.05) is 26.3 Å². The van der Waals surface area contributed by atoms with Crippen molar-refractivity contribution in [3.8, 4) is 0 Å². The van der Waals surface area contributed by atoms with Crippen molar-refractivity contribution >= 4 is 24.0 Å². The van der Waals surface area contributed by atoms with Crippen LogP contribution < -0.4 is 21.3 Å². The monoisotopic (exact) mass is 428 g/mol. The van der Waals surface area contributed by atoms with Crippen LogP contribution in [0.5, 0.6) is 0 Å². The van der Waals surface area contributed by atoms with Crippen LogP contribution in [0, 0.1) is 11.8 Å². The first-order valence-electron chi connectivity index (χ1n) is 10.2. The Morgan fingerprint density at radius 2 is 1.03 bits per heavy atom. The van der Waals surface area contributed by atoms with E-state index in [0.29, 0.717) is 13.1 Å². The lowest BCUT2D eigenvalue weighted by molar-refractivity contribution is -0.141. The third-order valence-electron chi connectivity index (χ3n) is 4.08. The van der Waals surface area contributed by atoms with E-state index < -0.39 is 11.9 Å². The van der Waals surface area contributed by atoms with Crippen molar-refractivity contribution in [1.29, 1.82) is 0 Å². The second-order valence-electron chi connectivity index (χ2n) is 7.30. The summed E-state index contributed by atoms with van der Waals surface area (Å²) < 4.78 is 10.2. The van der Waals surface area contributed by atoms with Gasteiger partial charge in [0.05, 0.1) is 12.1 Å². The number of rotatable bonds is 12. The molecule has 0 fully saturated rings. The summed E-state index contributed by atoms with van der Waals surface area (Å²) in [6, 6.07) is -1.42. The van der Waals surface area contributed by atoms with Gasteiger partial charge >= 0.3 is 24.0 Å². The Labute approximate surface area is 178 Å². The molecule has 4 amide bonds. The van der Waals surface area contributed by atoms with Crippen molar-refractivity contribution in [3.05, 3.63) is 12.2 Å². The number of nitrogens with one attached hydrogen (secondary N) is 4. The first-order chi connectivity index (χ1) is 14.1. The summed E-state index contributed by atoms with van der Waals surface area (Å²) in [7, 11) is 0. The van der Waals surface area contributed by atoms with Crippen LogP contribution in [0.4, 0.5) is 9.59 Å². The summed E-state index contributed by atoms with van der Waals surface area (Å²) >= 11 is 0. The lowest BCUT2D eigenvalue weighted by atomic mass is 10.1. The topological polar surface area (TPSA) is 135 Å². The minimum absolute atomic E-state index is 0.0289. The van der Waals surface area contributed by atoms with Gasteiger partial charge in [-0.15, -0.1) is 0 Å². The van der Waals surface area contributed by atoms with Crippen molar-refractivity contribution in [2.45, 2.75) is 53.6 Å². The molecule has 0 rings (SSSR count). The number of amides is 4. The molecule has 2 atom stereocenters. The average molecular weight is 429 g/mol. The second-order valence-corrected chi connectivity index (χ2v) is 7.30. The third-order valence-corrected chi connectivity index (χ3v) is 4.08. The van der Waals surface area contributed by atoms with Crippen LogP contribution in [0.25, 0.3) is 0 Å². The standard InChI is InChI=1S/C20H36N4O6/c1-7-21-19(27)23-15(13(3)4)11-29-17(25)9-10-18(26)30-12-16(14(5)6)24-20(28)22-8-2/h9-10,13-16H,7-8,11-12H2,1-6H3,(H2,21,23,27)(H2,22,24,28)/b10-9+/t15-,16-/m0/s1. The Hall–Kier alpha value is -2.78. The number of esters is 2. The number of hydrogen-bond acceptors (Lipinski definition) is 6. The van der Waals surface area contributed by atoms with Crippen LogP contribution >= 0.6 is 0 Å². The Balaban J connectivity index is 4.49. The molecule has 0 saturated carbocycles. The SMILES string of the molecule is CCNC(=O)N[C@@H](COC(=O)/C=C/C(=O)OC[C@H](NC(=O)NCC)C(C)C)C(C)C. The predicted molar refractivity (Wildman–Crippen MR) is 113 cm³/mol. The summed E-state index contributed by atoms with van der Waals surface area (Å²) in [5.41, 5.74) is 0. The number of urea groups is 2. The minimum Gasteiger partial charge on any atom is -0.460 e. The maximum absolute atomic E-state index is 11.8. The van der Waals surface area contributed by atoms with E-state index in [1.165, 1.54) is 0 Å². The fourth-order valence-electron chi connectivity index (χ4n) is 2.14. The fourth-order valence-corrected chi connectivity index (χ4v) is 2.14. The quantitative estimate of drug-likeness (QED) is 0.273. The zero-order chi connectivity index (χ0) is 23.1. The van der Waals surface area contributed by atoms with Crippen LogP contribution in [0.1, 0.15) is 41.5 Å². The Morgan fingerprint density at radius 1 is 0.700 bits per heavy atom. The molecular weight excluding hydrogens is 392 g/mol. The smallest absolute Gasteiger partial charge is 0.331 e. The van der Waals surface area contributed by atoms with Gasteiger partial charge in [-0.1, -0.05) is 27.7 Å². The molecule has 0 spiro atoms. The Kier molecular flexibility index (Phi) is 13.7. The zero-order valence-corrected chi connectivity index (χ0v) is 18.7. The van der Waals surface area contributed by atoms with E-state index in [4.69, 9.17) is 9.47 Å². The highest BCUT2D eigenvalue weighted by molar-refractivity contribution is 5.91. The second kappa shape index (κ2) is 15.1. The summed E-state index contributed by atoms with van der Waals surface area (Å²) in [6.07, 6.45) is 1.93. The van der Waals surface area contributed by atoms with Gasteiger partial charge in [0.2, 0.25) is 0 Å². The van der Waals surface area contributed by atoms with Gasteiger partial charge in [-0.25, -0.2) is 19.2 Å². The summed E-state index contributed by atoms with van der Waals surface area (Å²) in [4.78, 5) is 46.9. The van der Waals surface area contributed by atoms with Crippen LogP contribution in [0.3, 0.4) is 0 Å². The molecule has 0 aliphatic heterocycles. The van der Waals surface area contributed by atoms with Crippen LogP contribution in [-0.2, 0) is 19.1 Å². The van der Waals surface area contributed by atoms with E-state index in [9.17, 15) is 19.2 Å². The lowest BCUT2D eigenvalue weighted by Crippen LogP contribution is -2.47. The molecule has 10 heteroatoms. The molecule has 0 heterocycles. The van der Waals surface area contributed by atoms with E-state index >= 15 is 0 Å². The molecular formula is C20H36N4O6. The highest BCUT2D eigenvalue weighted by Gasteiger charge is 2.19. The van der Waals surface area contributed by atoms with Gasteiger partial charge in [0, 0.05) is 25.2 Å². The first kappa shape index (κ1) is 27.2. The van der Waals surface area contributed by atoms with Gasteiger partial charge in [-0.05, 0) is 25.7 Å². The van der Waals surface area contributed by atoms with Crippen molar-refractivity contribution in [3.63, 3.8) is 0 Å². The van der Waals surface area contributed by atoms with Crippen molar-refractivity contribution < 1.29 is 28.7 Å². The van der Waals surface area contributed by atoms with E-state index in [0.717, 1.165) is 12.2 Å². The van der Waals surface area contributed by atoms with Gasteiger partial charge < -0.3 is 30.7 Å². The molecule has 0 aromatic carbocycles. The van der Waals surface area contributed by atoms with Gasteiger partial charge in [0.1, 0.15) is 13.2 Å². The van der Waals surface area contributed by atoms with Crippen molar-refractivity contribution in [2.24, 2.45) is 11.8 Å². The van der Waals surface area contributed by atoms with E-state index in [1.54, 1.807) is 13.8 Å². The van der Waals surface area contributed by atoms with Gasteiger partial charge in [0.15, 0.2) is 0 Å². The maximum Gasteiger partial charge on any atom is 0.331 e. The molecule has 172 valence electrons. The molecule has 10 nitrogen and oxygen atoms in total.